The highest BCUT2D eigenvalue weighted by Gasteiger charge is 2.28. The lowest BCUT2D eigenvalue weighted by Gasteiger charge is -2.05. The molecule has 0 amide bonds. The van der Waals surface area contributed by atoms with Gasteiger partial charge in [-0.2, -0.15) is 18.3 Å². The largest absolute Gasteiger partial charge is 0.408 e. The molecule has 0 fully saturated rings. The van der Waals surface area contributed by atoms with Crippen LogP contribution in [0.25, 0.3) is 39.2 Å². The number of hydrogen-bond acceptors (Lipinski definition) is 4. The van der Waals surface area contributed by atoms with Crippen molar-refractivity contribution in [2.24, 2.45) is 0 Å². The van der Waals surface area contributed by atoms with E-state index < -0.39 is 12.7 Å². The number of hydrogen-bond donors (Lipinski definition) is 1. The fourth-order valence-electron chi connectivity index (χ4n) is 3.50. The molecule has 1 aromatic carbocycles. The molecule has 0 unspecified atom stereocenters. The Bertz CT molecular complexity index is 1490. The maximum atomic E-state index is 12.7. The molecule has 0 aliphatic rings. The van der Waals surface area contributed by atoms with Gasteiger partial charge in [0.1, 0.15) is 6.54 Å². The van der Waals surface area contributed by atoms with Crippen LogP contribution in [0.4, 0.5) is 13.2 Å². The van der Waals surface area contributed by atoms with Gasteiger partial charge in [-0.15, -0.1) is 5.10 Å². The van der Waals surface area contributed by atoms with Crippen molar-refractivity contribution in [3.05, 3.63) is 70.8 Å². The monoisotopic (exact) mass is 424 g/mol. The molecule has 10 heteroatoms. The molecule has 31 heavy (non-hydrogen) atoms. The SMILES string of the molecule is Cc1c(-c2nc3ccc(-c4cnn(CC(F)(F)F)c4)cn3n2)[nH]c2ccccc2c1=O. The van der Waals surface area contributed by atoms with Gasteiger partial charge in [0.25, 0.3) is 0 Å². The van der Waals surface area contributed by atoms with Gasteiger partial charge in [-0.3, -0.25) is 9.48 Å². The molecular formula is C21H15F3N6O. The van der Waals surface area contributed by atoms with E-state index >= 15 is 0 Å². The van der Waals surface area contributed by atoms with Gasteiger partial charge in [0, 0.05) is 40.0 Å². The van der Waals surface area contributed by atoms with Crippen molar-refractivity contribution in [2.75, 3.05) is 0 Å². The van der Waals surface area contributed by atoms with Gasteiger partial charge < -0.3 is 4.98 Å². The summed E-state index contributed by atoms with van der Waals surface area (Å²) in [5.41, 5.74) is 3.32. The number of halogens is 3. The lowest BCUT2D eigenvalue weighted by Crippen LogP contribution is -2.17. The standard InChI is InChI=1S/C21H15F3N6O/c1-12-18(26-16-5-3-2-4-15(16)19(12)31)20-27-17-7-6-13(10-30(17)28-20)14-8-25-29(9-14)11-21(22,23)24/h2-10H,11H2,1H3,(H,26,31). The average Bonchev–Trinajstić information content (AvgIpc) is 3.35. The third-order valence-electron chi connectivity index (χ3n) is 5.01. The summed E-state index contributed by atoms with van der Waals surface area (Å²) in [6.45, 7) is 0.560. The molecule has 156 valence electrons. The van der Waals surface area contributed by atoms with Crippen molar-refractivity contribution >= 4 is 16.6 Å². The van der Waals surface area contributed by atoms with Gasteiger partial charge in [0.15, 0.2) is 16.9 Å². The molecule has 0 spiro atoms. The number of aromatic amines is 1. The van der Waals surface area contributed by atoms with Crippen molar-refractivity contribution in [1.29, 1.82) is 0 Å². The Morgan fingerprint density at radius 1 is 1.06 bits per heavy atom. The van der Waals surface area contributed by atoms with E-state index in [1.54, 1.807) is 37.4 Å². The average molecular weight is 424 g/mol. The van der Waals surface area contributed by atoms with Crippen LogP contribution < -0.4 is 5.43 Å². The van der Waals surface area contributed by atoms with Gasteiger partial charge in [0.05, 0.1) is 11.9 Å². The summed E-state index contributed by atoms with van der Waals surface area (Å²) < 4.78 is 40.1. The Labute approximate surface area is 172 Å². The number of H-pyrrole nitrogens is 1. The fraction of sp³-hybridized carbons (Fsp3) is 0.143. The maximum absolute atomic E-state index is 12.7. The molecule has 7 nitrogen and oxygen atoms in total. The summed E-state index contributed by atoms with van der Waals surface area (Å²) >= 11 is 0. The summed E-state index contributed by atoms with van der Waals surface area (Å²) in [5, 5.41) is 8.83. The molecule has 4 aromatic heterocycles. The van der Waals surface area contributed by atoms with Crippen LogP contribution in [0.2, 0.25) is 0 Å². The van der Waals surface area contributed by atoms with E-state index in [2.05, 4.69) is 20.2 Å². The lowest BCUT2D eigenvalue weighted by molar-refractivity contribution is -0.142. The molecule has 0 saturated heterocycles. The molecule has 4 heterocycles. The van der Waals surface area contributed by atoms with Gasteiger partial charge in [0.2, 0.25) is 0 Å². The zero-order valence-electron chi connectivity index (χ0n) is 16.2. The van der Waals surface area contributed by atoms with Crippen LogP contribution in [0, 0.1) is 6.92 Å². The molecular weight excluding hydrogens is 409 g/mol. The quantitative estimate of drug-likeness (QED) is 0.475. The van der Waals surface area contributed by atoms with Crippen molar-refractivity contribution in [2.45, 2.75) is 19.6 Å². The van der Waals surface area contributed by atoms with Gasteiger partial charge in [-0.25, -0.2) is 9.50 Å². The van der Waals surface area contributed by atoms with Crippen LogP contribution >= 0.6 is 0 Å². The van der Waals surface area contributed by atoms with Gasteiger partial charge >= 0.3 is 6.18 Å². The Hall–Kier alpha value is -3.95. The van der Waals surface area contributed by atoms with Crippen molar-refractivity contribution < 1.29 is 13.2 Å². The van der Waals surface area contributed by atoms with Gasteiger partial charge in [-0.1, -0.05) is 12.1 Å². The van der Waals surface area contributed by atoms with Crippen LogP contribution in [0.5, 0.6) is 0 Å². The van der Waals surface area contributed by atoms with Crippen LogP contribution in [0.1, 0.15) is 5.56 Å². The third-order valence-corrected chi connectivity index (χ3v) is 5.01. The number of benzene rings is 1. The van der Waals surface area contributed by atoms with E-state index in [0.29, 0.717) is 44.8 Å². The Balaban J connectivity index is 1.56. The molecule has 0 saturated carbocycles. The highest BCUT2D eigenvalue weighted by Crippen LogP contribution is 2.24. The highest BCUT2D eigenvalue weighted by atomic mass is 19.4. The van der Waals surface area contributed by atoms with E-state index in [1.165, 1.54) is 16.9 Å². The molecule has 0 aliphatic heterocycles. The Kier molecular flexibility index (Phi) is 4.17. The number of aromatic nitrogens is 6. The molecule has 0 radical (unpaired) electrons. The first kappa shape index (κ1) is 19.0. The summed E-state index contributed by atoms with van der Waals surface area (Å²) in [6.07, 6.45) is 0.0190. The number of nitrogens with zero attached hydrogens (tertiary/aromatic N) is 5. The minimum atomic E-state index is -4.34. The lowest BCUT2D eigenvalue weighted by atomic mass is 10.1. The minimum Gasteiger partial charge on any atom is -0.351 e. The van der Waals surface area contributed by atoms with Gasteiger partial charge in [-0.05, 0) is 31.2 Å². The maximum Gasteiger partial charge on any atom is 0.408 e. The number of rotatable bonds is 3. The highest BCUT2D eigenvalue weighted by molar-refractivity contribution is 5.82. The number of para-hydroxylation sites is 1. The van der Waals surface area contributed by atoms with E-state index in [-0.39, 0.29) is 5.43 Å². The number of nitrogens with one attached hydrogen (secondary N) is 1. The topological polar surface area (TPSA) is 80.9 Å². The third kappa shape index (κ3) is 3.45. The van der Waals surface area contributed by atoms with E-state index in [9.17, 15) is 18.0 Å². The Morgan fingerprint density at radius 3 is 2.68 bits per heavy atom. The molecule has 0 atom stereocenters. The summed E-state index contributed by atoms with van der Waals surface area (Å²) in [4.78, 5) is 20.4. The van der Waals surface area contributed by atoms with Crippen molar-refractivity contribution in [3.8, 4) is 22.6 Å². The van der Waals surface area contributed by atoms with Crippen LogP contribution in [0.3, 0.4) is 0 Å². The summed E-state index contributed by atoms with van der Waals surface area (Å²) in [5.74, 6) is 0.352. The first-order chi connectivity index (χ1) is 14.8. The predicted octanol–water partition coefficient (Wildman–Crippen LogP) is 3.97. The molecule has 1 N–H and O–H groups in total. The summed E-state index contributed by atoms with van der Waals surface area (Å²) in [6, 6.07) is 10.7. The normalized spacial score (nSPS) is 12.1. The molecule has 0 bridgehead atoms. The zero-order valence-corrected chi connectivity index (χ0v) is 16.2. The van der Waals surface area contributed by atoms with E-state index in [1.807, 2.05) is 12.1 Å². The first-order valence-electron chi connectivity index (χ1n) is 9.36. The van der Waals surface area contributed by atoms with Crippen LogP contribution in [-0.4, -0.2) is 35.5 Å². The second-order valence-corrected chi connectivity index (χ2v) is 7.20. The van der Waals surface area contributed by atoms with Crippen LogP contribution in [-0.2, 0) is 6.54 Å². The van der Waals surface area contributed by atoms with E-state index in [4.69, 9.17) is 0 Å². The van der Waals surface area contributed by atoms with Crippen LogP contribution in [0.15, 0.2) is 59.8 Å². The zero-order chi connectivity index (χ0) is 21.8. The number of alkyl halides is 3. The fourth-order valence-corrected chi connectivity index (χ4v) is 3.50. The smallest absolute Gasteiger partial charge is 0.351 e. The molecule has 0 aliphatic carbocycles. The van der Waals surface area contributed by atoms with Crippen molar-refractivity contribution in [3.63, 3.8) is 0 Å². The predicted molar refractivity (Wildman–Crippen MR) is 109 cm³/mol. The second-order valence-electron chi connectivity index (χ2n) is 7.20. The number of fused-ring (bicyclic) bond motifs is 2. The Morgan fingerprint density at radius 2 is 1.87 bits per heavy atom. The van der Waals surface area contributed by atoms with E-state index in [0.717, 1.165) is 4.68 Å². The second kappa shape index (κ2) is 6.79. The minimum absolute atomic E-state index is 0.0963. The summed E-state index contributed by atoms with van der Waals surface area (Å²) in [7, 11) is 0. The number of pyridine rings is 2. The first-order valence-corrected chi connectivity index (χ1v) is 9.36. The molecule has 5 rings (SSSR count). The molecule has 5 aromatic rings. The van der Waals surface area contributed by atoms with Crippen molar-refractivity contribution in [1.82, 2.24) is 29.4 Å².